The number of benzene rings is 2. The molecular formula is C28H35NO5. The fraction of sp³-hybridized carbons (Fsp3) is 0.464. The van der Waals surface area contributed by atoms with Crippen molar-refractivity contribution in [3.63, 3.8) is 0 Å². The lowest BCUT2D eigenvalue weighted by Crippen LogP contribution is -2.45. The Morgan fingerprint density at radius 2 is 1.44 bits per heavy atom. The summed E-state index contributed by atoms with van der Waals surface area (Å²) in [6, 6.07) is 16.1. The van der Waals surface area contributed by atoms with Gasteiger partial charge in [0.2, 0.25) is 0 Å². The molecule has 2 aromatic rings. The summed E-state index contributed by atoms with van der Waals surface area (Å²) in [5.41, 5.74) is 1.02. The maximum absolute atomic E-state index is 13.5. The molecule has 182 valence electrons. The largest absolute Gasteiger partial charge is 0.456 e. The quantitative estimate of drug-likeness (QED) is 0.542. The SMILES string of the molecule is CC(C)(C)OC(=O)c1ccc(CC(=O)[C@@H]2[C@@H](c3ccccc3)CCN2C(=O)OC(C)(C)C)cc1. The molecule has 1 aliphatic rings. The van der Waals surface area contributed by atoms with Crippen LogP contribution in [0, 0.1) is 0 Å². The maximum atomic E-state index is 13.5. The van der Waals surface area contributed by atoms with Gasteiger partial charge < -0.3 is 9.47 Å². The standard InChI is InChI=1S/C28H35NO5/c1-27(2,3)33-25(31)21-14-12-19(13-15-21)18-23(30)24-22(20-10-8-7-9-11-20)16-17-29(24)26(32)34-28(4,5)6/h7-15,22,24H,16-18H2,1-6H3/t22-,24+/m1/s1. The summed E-state index contributed by atoms with van der Waals surface area (Å²) in [6.07, 6.45) is 0.378. The van der Waals surface area contributed by atoms with E-state index in [1.165, 1.54) is 0 Å². The molecule has 3 rings (SSSR count). The molecule has 0 bridgehead atoms. The second kappa shape index (κ2) is 10.00. The van der Waals surface area contributed by atoms with E-state index in [4.69, 9.17) is 9.47 Å². The molecule has 0 saturated carbocycles. The monoisotopic (exact) mass is 465 g/mol. The average molecular weight is 466 g/mol. The minimum Gasteiger partial charge on any atom is -0.456 e. The molecule has 1 amide bonds. The van der Waals surface area contributed by atoms with Crippen molar-refractivity contribution >= 4 is 17.8 Å². The second-order valence-corrected chi connectivity index (χ2v) is 10.8. The fourth-order valence-electron chi connectivity index (χ4n) is 4.17. The number of likely N-dealkylation sites (tertiary alicyclic amines) is 1. The number of carbonyl (C=O) groups is 3. The zero-order valence-corrected chi connectivity index (χ0v) is 21.0. The Hall–Kier alpha value is -3.15. The van der Waals surface area contributed by atoms with Crippen LogP contribution in [0.1, 0.15) is 75.4 Å². The average Bonchev–Trinajstić information content (AvgIpc) is 3.18. The maximum Gasteiger partial charge on any atom is 0.410 e. The lowest BCUT2D eigenvalue weighted by Gasteiger charge is -2.30. The van der Waals surface area contributed by atoms with Crippen LogP contribution < -0.4 is 0 Å². The summed E-state index contributed by atoms with van der Waals surface area (Å²) in [7, 11) is 0. The van der Waals surface area contributed by atoms with Gasteiger partial charge in [-0.3, -0.25) is 9.69 Å². The first kappa shape index (κ1) is 25.5. The fourth-order valence-corrected chi connectivity index (χ4v) is 4.17. The smallest absolute Gasteiger partial charge is 0.410 e. The molecule has 0 N–H and O–H groups in total. The third-order valence-corrected chi connectivity index (χ3v) is 5.55. The van der Waals surface area contributed by atoms with Gasteiger partial charge >= 0.3 is 12.1 Å². The van der Waals surface area contributed by atoms with Crippen molar-refractivity contribution in [1.82, 2.24) is 4.90 Å². The van der Waals surface area contributed by atoms with Gasteiger partial charge in [-0.1, -0.05) is 42.5 Å². The minimum absolute atomic E-state index is 0.0535. The highest BCUT2D eigenvalue weighted by Crippen LogP contribution is 2.35. The van der Waals surface area contributed by atoms with Crippen LogP contribution >= 0.6 is 0 Å². The molecule has 0 radical (unpaired) electrons. The third kappa shape index (κ3) is 6.69. The Labute approximate surface area is 202 Å². The Bertz CT molecular complexity index is 1020. The molecule has 1 saturated heterocycles. The summed E-state index contributed by atoms with van der Waals surface area (Å²) in [5.74, 6) is -0.550. The summed E-state index contributed by atoms with van der Waals surface area (Å²) in [5, 5.41) is 0. The number of amides is 1. The highest BCUT2D eigenvalue weighted by atomic mass is 16.6. The van der Waals surface area contributed by atoms with E-state index >= 15 is 0 Å². The van der Waals surface area contributed by atoms with E-state index in [0.29, 0.717) is 18.5 Å². The van der Waals surface area contributed by atoms with E-state index in [1.54, 1.807) is 29.2 Å². The first-order chi connectivity index (χ1) is 15.8. The van der Waals surface area contributed by atoms with Crippen molar-refractivity contribution in [3.05, 3.63) is 71.3 Å². The van der Waals surface area contributed by atoms with Crippen molar-refractivity contribution in [3.8, 4) is 0 Å². The predicted octanol–water partition coefficient (Wildman–Crippen LogP) is 5.55. The number of ether oxygens (including phenoxy) is 2. The molecule has 0 unspecified atom stereocenters. The molecule has 6 nitrogen and oxygen atoms in total. The first-order valence-electron chi connectivity index (χ1n) is 11.7. The van der Waals surface area contributed by atoms with E-state index in [9.17, 15) is 14.4 Å². The number of carbonyl (C=O) groups excluding carboxylic acids is 3. The first-order valence-corrected chi connectivity index (χ1v) is 11.7. The number of ketones is 1. The van der Waals surface area contributed by atoms with Crippen LogP contribution in [0.4, 0.5) is 4.79 Å². The van der Waals surface area contributed by atoms with Gasteiger partial charge in [0.1, 0.15) is 17.2 Å². The van der Waals surface area contributed by atoms with Crippen molar-refractivity contribution in [2.45, 2.75) is 77.5 Å². The predicted molar refractivity (Wildman–Crippen MR) is 131 cm³/mol. The van der Waals surface area contributed by atoms with Gasteiger partial charge in [0.05, 0.1) is 5.56 Å². The molecule has 1 aliphatic heterocycles. The van der Waals surface area contributed by atoms with Gasteiger partial charge in [-0.05, 0) is 71.2 Å². The van der Waals surface area contributed by atoms with Crippen LogP contribution in [0.5, 0.6) is 0 Å². The van der Waals surface area contributed by atoms with Crippen LogP contribution in [-0.2, 0) is 20.7 Å². The van der Waals surface area contributed by atoms with E-state index in [1.807, 2.05) is 71.9 Å². The van der Waals surface area contributed by atoms with Gasteiger partial charge in [0.25, 0.3) is 0 Å². The topological polar surface area (TPSA) is 72.9 Å². The van der Waals surface area contributed by atoms with Gasteiger partial charge in [-0.15, -0.1) is 0 Å². The minimum atomic E-state index is -0.646. The second-order valence-electron chi connectivity index (χ2n) is 10.8. The molecular weight excluding hydrogens is 430 g/mol. The van der Waals surface area contributed by atoms with Crippen molar-refractivity contribution < 1.29 is 23.9 Å². The Balaban J connectivity index is 1.80. The van der Waals surface area contributed by atoms with E-state index in [2.05, 4.69) is 0 Å². The van der Waals surface area contributed by atoms with E-state index < -0.39 is 29.3 Å². The number of nitrogens with zero attached hydrogens (tertiary/aromatic N) is 1. The molecule has 0 aliphatic carbocycles. The zero-order valence-electron chi connectivity index (χ0n) is 21.0. The van der Waals surface area contributed by atoms with Crippen molar-refractivity contribution in [1.29, 1.82) is 0 Å². The van der Waals surface area contributed by atoms with E-state index in [-0.39, 0.29) is 18.1 Å². The Morgan fingerprint density at radius 3 is 2.00 bits per heavy atom. The van der Waals surface area contributed by atoms with Crippen LogP contribution in [0.25, 0.3) is 0 Å². The number of Topliss-reactive ketones (excluding diaryl/α,β-unsaturated/α-hetero) is 1. The van der Waals surface area contributed by atoms with Gasteiger partial charge in [0, 0.05) is 18.9 Å². The number of esters is 1. The lowest BCUT2D eigenvalue weighted by atomic mass is 9.87. The molecule has 1 fully saturated rings. The van der Waals surface area contributed by atoms with Crippen LogP contribution in [-0.4, -0.2) is 46.5 Å². The summed E-state index contributed by atoms with van der Waals surface area (Å²) >= 11 is 0. The van der Waals surface area contributed by atoms with Gasteiger partial charge in [0.15, 0.2) is 5.78 Å². The number of hydrogen-bond donors (Lipinski definition) is 0. The molecule has 2 aromatic carbocycles. The lowest BCUT2D eigenvalue weighted by molar-refractivity contribution is -0.123. The number of hydrogen-bond acceptors (Lipinski definition) is 5. The summed E-state index contributed by atoms with van der Waals surface area (Å²) < 4.78 is 11.0. The van der Waals surface area contributed by atoms with Crippen LogP contribution in [0.3, 0.4) is 0 Å². The molecule has 1 heterocycles. The molecule has 0 aromatic heterocycles. The Kier molecular flexibility index (Phi) is 7.49. The summed E-state index contributed by atoms with van der Waals surface area (Å²) in [4.78, 5) is 40.3. The summed E-state index contributed by atoms with van der Waals surface area (Å²) in [6.45, 7) is 11.4. The molecule has 34 heavy (non-hydrogen) atoms. The van der Waals surface area contributed by atoms with Crippen molar-refractivity contribution in [2.75, 3.05) is 6.54 Å². The normalized spacial score (nSPS) is 18.5. The third-order valence-electron chi connectivity index (χ3n) is 5.55. The highest BCUT2D eigenvalue weighted by Gasteiger charge is 2.43. The molecule has 6 heteroatoms. The van der Waals surface area contributed by atoms with Crippen LogP contribution in [0.15, 0.2) is 54.6 Å². The Morgan fingerprint density at radius 1 is 0.853 bits per heavy atom. The van der Waals surface area contributed by atoms with Crippen molar-refractivity contribution in [2.24, 2.45) is 0 Å². The molecule has 0 spiro atoms. The molecule has 2 atom stereocenters. The van der Waals surface area contributed by atoms with Gasteiger partial charge in [-0.25, -0.2) is 9.59 Å². The number of rotatable bonds is 5. The highest BCUT2D eigenvalue weighted by molar-refractivity contribution is 5.92. The van der Waals surface area contributed by atoms with Crippen LogP contribution in [0.2, 0.25) is 0 Å². The van der Waals surface area contributed by atoms with Gasteiger partial charge in [-0.2, -0.15) is 0 Å². The zero-order chi connectivity index (χ0) is 25.1. The van der Waals surface area contributed by atoms with E-state index in [0.717, 1.165) is 11.1 Å².